The van der Waals surface area contributed by atoms with E-state index in [0.717, 1.165) is 37.7 Å². The number of hydrogen-bond donors (Lipinski definition) is 2. The van der Waals surface area contributed by atoms with Gasteiger partial charge in [0.25, 0.3) is 0 Å². The first-order valence-corrected chi connectivity index (χ1v) is 12.7. The van der Waals surface area contributed by atoms with Crippen LogP contribution in [0.1, 0.15) is 83.4 Å². The number of nitrogens with zero attached hydrogens (tertiary/aromatic N) is 1. The van der Waals surface area contributed by atoms with Crippen molar-refractivity contribution in [2.24, 2.45) is 0 Å². The van der Waals surface area contributed by atoms with Crippen molar-refractivity contribution in [3.05, 3.63) is 35.4 Å². The Balaban J connectivity index is 3.15. The largest absolute Gasteiger partial charge is 0.468 e. The Morgan fingerprint density at radius 1 is 0.972 bits per heavy atom. The lowest BCUT2D eigenvalue weighted by atomic mass is 10.0. The van der Waals surface area contributed by atoms with E-state index in [1.54, 1.807) is 26.8 Å². The number of nitrogens with one attached hydrogen (secondary N) is 2. The highest BCUT2D eigenvalue weighted by Gasteiger charge is 2.32. The van der Waals surface area contributed by atoms with Gasteiger partial charge in [-0.05, 0) is 39.7 Å². The lowest BCUT2D eigenvalue weighted by molar-refractivity contribution is -0.143. The zero-order valence-corrected chi connectivity index (χ0v) is 22.6. The minimum absolute atomic E-state index is 0.313. The first-order valence-electron chi connectivity index (χ1n) is 12.7. The molecule has 9 heteroatoms. The SMILES string of the molecule is CCCCCCCCN(C(=O)CNC(=O)OC(C)(C)C)C(C(=O)NCC(=O)OC)c1cccc(C)c1. The van der Waals surface area contributed by atoms with E-state index >= 15 is 0 Å². The molecule has 0 aliphatic carbocycles. The van der Waals surface area contributed by atoms with Crippen LogP contribution in [0.3, 0.4) is 0 Å². The molecule has 1 unspecified atom stereocenters. The molecule has 1 aromatic rings. The lowest BCUT2D eigenvalue weighted by Gasteiger charge is -2.32. The number of carbonyl (C=O) groups is 4. The predicted octanol–water partition coefficient (Wildman–Crippen LogP) is 4.04. The molecular formula is C27H43N3O6. The number of rotatable bonds is 14. The van der Waals surface area contributed by atoms with Gasteiger partial charge in [-0.3, -0.25) is 14.4 Å². The Morgan fingerprint density at radius 2 is 1.64 bits per heavy atom. The van der Waals surface area contributed by atoms with Crippen LogP contribution in [0, 0.1) is 6.92 Å². The molecular weight excluding hydrogens is 462 g/mol. The van der Waals surface area contributed by atoms with Gasteiger partial charge in [0.05, 0.1) is 7.11 Å². The summed E-state index contributed by atoms with van der Waals surface area (Å²) in [5.41, 5.74) is 0.842. The normalized spacial score (nSPS) is 11.8. The topological polar surface area (TPSA) is 114 Å². The number of ether oxygens (including phenoxy) is 2. The summed E-state index contributed by atoms with van der Waals surface area (Å²) in [5, 5.41) is 5.08. The minimum Gasteiger partial charge on any atom is -0.468 e. The van der Waals surface area contributed by atoms with Crippen molar-refractivity contribution < 1.29 is 28.7 Å². The number of esters is 1. The van der Waals surface area contributed by atoms with Gasteiger partial charge in [-0.2, -0.15) is 0 Å². The third-order valence-electron chi connectivity index (χ3n) is 5.41. The van der Waals surface area contributed by atoms with Gasteiger partial charge in [-0.1, -0.05) is 68.9 Å². The van der Waals surface area contributed by atoms with Gasteiger partial charge < -0.3 is 25.0 Å². The number of carbonyl (C=O) groups excluding carboxylic acids is 4. The fraction of sp³-hybridized carbons (Fsp3) is 0.630. The van der Waals surface area contributed by atoms with Gasteiger partial charge in [0.1, 0.15) is 24.7 Å². The Kier molecular flexibility index (Phi) is 13.6. The van der Waals surface area contributed by atoms with Crippen LogP contribution in [-0.2, 0) is 23.9 Å². The van der Waals surface area contributed by atoms with Crippen molar-refractivity contribution in [3.63, 3.8) is 0 Å². The van der Waals surface area contributed by atoms with Gasteiger partial charge in [0, 0.05) is 6.54 Å². The number of methoxy groups -OCH3 is 1. The molecule has 0 saturated heterocycles. The molecule has 1 atom stereocenters. The van der Waals surface area contributed by atoms with Crippen LogP contribution in [0.15, 0.2) is 24.3 Å². The molecule has 0 heterocycles. The van der Waals surface area contributed by atoms with Crippen LogP contribution in [0.25, 0.3) is 0 Å². The first kappa shape index (κ1) is 30.9. The standard InChI is InChI=1S/C27H43N3O6/c1-7-8-9-10-11-12-16-30(22(31)18-29-26(34)36-27(3,4)5)24(21-15-13-14-20(2)17-21)25(33)28-19-23(32)35-6/h13-15,17,24H,7-12,16,18-19H2,1-6H3,(H,28,33)(H,29,34). The van der Waals surface area contributed by atoms with E-state index in [1.165, 1.54) is 12.0 Å². The van der Waals surface area contributed by atoms with Gasteiger partial charge in [0.2, 0.25) is 11.8 Å². The molecule has 1 rings (SSSR count). The van der Waals surface area contributed by atoms with E-state index < -0.39 is 35.5 Å². The van der Waals surface area contributed by atoms with E-state index in [0.29, 0.717) is 18.5 Å². The maximum atomic E-state index is 13.4. The first-order chi connectivity index (χ1) is 17.0. The van der Waals surface area contributed by atoms with Crippen LogP contribution in [0.5, 0.6) is 0 Å². The number of amides is 3. The molecule has 0 aliphatic rings. The number of unbranched alkanes of at least 4 members (excludes halogenated alkanes) is 5. The molecule has 3 amide bonds. The summed E-state index contributed by atoms with van der Waals surface area (Å²) in [4.78, 5) is 51.9. The molecule has 0 saturated carbocycles. The van der Waals surface area contributed by atoms with Crippen molar-refractivity contribution >= 4 is 23.9 Å². The zero-order chi connectivity index (χ0) is 27.1. The highest BCUT2D eigenvalue weighted by Crippen LogP contribution is 2.24. The molecule has 0 spiro atoms. The third-order valence-corrected chi connectivity index (χ3v) is 5.41. The van der Waals surface area contributed by atoms with Crippen molar-refractivity contribution in [3.8, 4) is 0 Å². The average Bonchev–Trinajstić information content (AvgIpc) is 2.81. The fourth-order valence-corrected chi connectivity index (χ4v) is 3.66. The Morgan fingerprint density at radius 3 is 2.25 bits per heavy atom. The van der Waals surface area contributed by atoms with E-state index in [4.69, 9.17) is 4.74 Å². The molecule has 202 valence electrons. The molecule has 9 nitrogen and oxygen atoms in total. The van der Waals surface area contributed by atoms with Crippen LogP contribution in [0.2, 0.25) is 0 Å². The number of alkyl carbamates (subject to hydrolysis) is 1. The summed E-state index contributed by atoms with van der Waals surface area (Å²) in [6.07, 6.45) is 5.35. The molecule has 0 bridgehead atoms. The smallest absolute Gasteiger partial charge is 0.408 e. The molecule has 36 heavy (non-hydrogen) atoms. The molecule has 0 aromatic heterocycles. The second kappa shape index (κ2) is 15.8. The summed E-state index contributed by atoms with van der Waals surface area (Å²) in [5.74, 6) is -1.51. The Hall–Kier alpha value is -3.10. The van der Waals surface area contributed by atoms with Crippen LogP contribution < -0.4 is 10.6 Å². The maximum absolute atomic E-state index is 13.4. The monoisotopic (exact) mass is 505 g/mol. The third kappa shape index (κ3) is 12.0. The molecule has 0 fully saturated rings. The second-order valence-electron chi connectivity index (χ2n) is 9.82. The average molecular weight is 506 g/mol. The second-order valence-corrected chi connectivity index (χ2v) is 9.82. The van der Waals surface area contributed by atoms with Crippen molar-refractivity contribution in [2.45, 2.75) is 84.8 Å². The number of hydrogen-bond acceptors (Lipinski definition) is 6. The van der Waals surface area contributed by atoms with E-state index in [9.17, 15) is 19.2 Å². The van der Waals surface area contributed by atoms with E-state index in [2.05, 4.69) is 22.3 Å². The van der Waals surface area contributed by atoms with Crippen LogP contribution >= 0.6 is 0 Å². The van der Waals surface area contributed by atoms with Gasteiger partial charge in [-0.25, -0.2) is 4.79 Å². The van der Waals surface area contributed by atoms with Crippen molar-refractivity contribution in [1.82, 2.24) is 15.5 Å². The van der Waals surface area contributed by atoms with Crippen molar-refractivity contribution in [2.75, 3.05) is 26.7 Å². The molecule has 0 aliphatic heterocycles. The predicted molar refractivity (Wildman–Crippen MR) is 138 cm³/mol. The molecule has 2 N–H and O–H groups in total. The minimum atomic E-state index is -0.974. The summed E-state index contributed by atoms with van der Waals surface area (Å²) >= 11 is 0. The quantitative estimate of drug-likeness (QED) is 0.291. The summed E-state index contributed by atoms with van der Waals surface area (Å²) < 4.78 is 9.87. The number of aryl methyl sites for hydroxylation is 1. The van der Waals surface area contributed by atoms with Gasteiger partial charge in [0.15, 0.2) is 0 Å². The van der Waals surface area contributed by atoms with E-state index in [1.807, 2.05) is 25.1 Å². The van der Waals surface area contributed by atoms with Gasteiger partial charge in [-0.15, -0.1) is 0 Å². The molecule has 0 radical (unpaired) electrons. The summed E-state index contributed by atoms with van der Waals surface area (Å²) in [6, 6.07) is 6.36. The highest BCUT2D eigenvalue weighted by atomic mass is 16.6. The lowest BCUT2D eigenvalue weighted by Crippen LogP contribution is -2.48. The highest BCUT2D eigenvalue weighted by molar-refractivity contribution is 5.91. The number of benzene rings is 1. The molecule has 1 aromatic carbocycles. The van der Waals surface area contributed by atoms with E-state index in [-0.39, 0.29) is 13.1 Å². The fourth-order valence-electron chi connectivity index (χ4n) is 3.66. The van der Waals surface area contributed by atoms with Crippen LogP contribution in [0.4, 0.5) is 4.79 Å². The summed E-state index contributed by atoms with van der Waals surface area (Å²) in [7, 11) is 1.24. The van der Waals surface area contributed by atoms with Crippen molar-refractivity contribution in [1.29, 1.82) is 0 Å². The zero-order valence-electron chi connectivity index (χ0n) is 22.6. The Bertz CT molecular complexity index is 865. The maximum Gasteiger partial charge on any atom is 0.408 e. The Labute approximate surface area is 215 Å². The van der Waals surface area contributed by atoms with Crippen LogP contribution in [-0.4, -0.2) is 61.1 Å². The summed E-state index contributed by atoms with van der Waals surface area (Å²) in [6.45, 7) is 8.94. The van der Waals surface area contributed by atoms with Gasteiger partial charge >= 0.3 is 12.1 Å².